The average molecular weight is 365 g/mol. The lowest BCUT2D eigenvalue weighted by atomic mass is 9.80. The van der Waals surface area contributed by atoms with Crippen LogP contribution in [0.25, 0.3) is 0 Å². The van der Waals surface area contributed by atoms with E-state index in [9.17, 15) is 4.79 Å². The van der Waals surface area contributed by atoms with Gasteiger partial charge >= 0.3 is 0 Å². The van der Waals surface area contributed by atoms with Gasteiger partial charge in [-0.15, -0.1) is 0 Å². The molecule has 1 heterocycles. The third-order valence-electron chi connectivity index (χ3n) is 5.96. The minimum atomic E-state index is -0.137. The highest BCUT2D eigenvalue weighted by molar-refractivity contribution is 6.11. The Morgan fingerprint density at radius 3 is 2.58 bits per heavy atom. The molecule has 6 nitrogen and oxygen atoms in total. The highest BCUT2D eigenvalue weighted by atomic mass is 16.5. The van der Waals surface area contributed by atoms with Gasteiger partial charge in [-0.2, -0.15) is 0 Å². The number of amides is 1. The quantitative estimate of drug-likeness (QED) is 0.477. The molecule has 1 saturated heterocycles. The molecule has 2 aliphatic rings. The zero-order valence-electron chi connectivity index (χ0n) is 16.5. The molecule has 0 aromatic rings. The molecule has 0 spiro atoms. The minimum Gasteiger partial charge on any atom is -0.393 e. The van der Waals surface area contributed by atoms with Crippen LogP contribution in [0.5, 0.6) is 0 Å². The van der Waals surface area contributed by atoms with Gasteiger partial charge in [0.1, 0.15) is 0 Å². The monoisotopic (exact) mass is 364 g/mol. The number of likely N-dealkylation sites (tertiary alicyclic amines) is 1. The van der Waals surface area contributed by atoms with Crippen molar-refractivity contribution in [1.82, 2.24) is 10.2 Å². The van der Waals surface area contributed by atoms with Crippen LogP contribution in [0.15, 0.2) is 11.8 Å². The van der Waals surface area contributed by atoms with Crippen LogP contribution in [0, 0.1) is 17.2 Å². The molecule has 0 radical (unpaired) electrons. The fourth-order valence-corrected chi connectivity index (χ4v) is 4.20. The maximum atomic E-state index is 12.8. The number of nitrogens with one attached hydrogen (secondary N) is 2. The zero-order valence-corrected chi connectivity index (χ0v) is 16.5. The summed E-state index contributed by atoms with van der Waals surface area (Å²) in [6, 6.07) is -0.180. The SMILES string of the molecule is CN/C=C(\C=N)C(=O)N1CCC[C@H](N)[C@@H]1COC1CCC(C(C)C)CC1. The Hall–Kier alpha value is -1.40. The van der Waals surface area contributed by atoms with Crippen molar-refractivity contribution in [3.63, 3.8) is 0 Å². The van der Waals surface area contributed by atoms with Crippen molar-refractivity contribution in [3.05, 3.63) is 11.8 Å². The van der Waals surface area contributed by atoms with Crippen molar-refractivity contribution < 1.29 is 9.53 Å². The summed E-state index contributed by atoms with van der Waals surface area (Å²) in [5, 5.41) is 10.3. The van der Waals surface area contributed by atoms with E-state index in [0.29, 0.717) is 18.7 Å². The summed E-state index contributed by atoms with van der Waals surface area (Å²) in [5.74, 6) is 1.42. The third kappa shape index (κ3) is 5.30. The van der Waals surface area contributed by atoms with Crippen molar-refractivity contribution >= 4 is 12.1 Å². The maximum Gasteiger partial charge on any atom is 0.257 e. The summed E-state index contributed by atoms with van der Waals surface area (Å²) in [4.78, 5) is 14.6. The van der Waals surface area contributed by atoms with Gasteiger partial charge in [-0.25, -0.2) is 0 Å². The predicted molar refractivity (Wildman–Crippen MR) is 105 cm³/mol. The van der Waals surface area contributed by atoms with Gasteiger partial charge in [-0.05, 0) is 50.4 Å². The predicted octanol–water partition coefficient (Wildman–Crippen LogP) is 2.29. The van der Waals surface area contributed by atoms with Crippen LogP contribution in [-0.4, -0.2) is 55.4 Å². The van der Waals surface area contributed by atoms with Crippen molar-refractivity contribution in [2.75, 3.05) is 20.2 Å². The molecule has 0 aromatic heterocycles. The summed E-state index contributed by atoms with van der Waals surface area (Å²) in [7, 11) is 1.73. The molecule has 1 aliphatic heterocycles. The lowest BCUT2D eigenvalue weighted by molar-refractivity contribution is -0.133. The number of nitrogens with zero attached hydrogens (tertiary/aromatic N) is 1. The molecule has 2 rings (SSSR count). The van der Waals surface area contributed by atoms with E-state index in [-0.39, 0.29) is 24.1 Å². The second-order valence-corrected chi connectivity index (χ2v) is 8.02. The van der Waals surface area contributed by atoms with E-state index >= 15 is 0 Å². The van der Waals surface area contributed by atoms with Gasteiger partial charge in [-0.3, -0.25) is 4.79 Å². The Balaban J connectivity index is 1.95. The fourth-order valence-electron chi connectivity index (χ4n) is 4.20. The molecule has 0 aromatic carbocycles. The normalized spacial score (nSPS) is 30.3. The number of piperidine rings is 1. The first-order valence-electron chi connectivity index (χ1n) is 10.0. The molecule has 2 atom stereocenters. The van der Waals surface area contributed by atoms with Gasteiger partial charge < -0.3 is 26.1 Å². The van der Waals surface area contributed by atoms with E-state index in [1.54, 1.807) is 13.2 Å². The fraction of sp³-hybridized carbons (Fsp3) is 0.800. The van der Waals surface area contributed by atoms with Gasteiger partial charge in [0.25, 0.3) is 5.91 Å². The van der Waals surface area contributed by atoms with E-state index in [2.05, 4.69) is 19.2 Å². The molecule has 6 heteroatoms. The van der Waals surface area contributed by atoms with E-state index in [1.165, 1.54) is 12.8 Å². The Morgan fingerprint density at radius 2 is 2.00 bits per heavy atom. The first-order chi connectivity index (χ1) is 12.5. The number of ether oxygens (including phenoxy) is 1. The van der Waals surface area contributed by atoms with Crippen LogP contribution in [0.2, 0.25) is 0 Å². The third-order valence-corrected chi connectivity index (χ3v) is 5.96. The largest absolute Gasteiger partial charge is 0.393 e. The smallest absolute Gasteiger partial charge is 0.257 e. The van der Waals surface area contributed by atoms with E-state index < -0.39 is 0 Å². The van der Waals surface area contributed by atoms with Gasteiger partial charge in [0.2, 0.25) is 0 Å². The molecule has 148 valence electrons. The lowest BCUT2D eigenvalue weighted by Gasteiger charge is -2.41. The van der Waals surface area contributed by atoms with Crippen LogP contribution < -0.4 is 11.1 Å². The van der Waals surface area contributed by atoms with Crippen molar-refractivity contribution in [2.45, 2.75) is 70.6 Å². The Morgan fingerprint density at radius 1 is 1.31 bits per heavy atom. The number of nitrogens with two attached hydrogens (primary N) is 1. The van der Waals surface area contributed by atoms with E-state index in [0.717, 1.165) is 43.7 Å². The van der Waals surface area contributed by atoms with Crippen molar-refractivity contribution in [3.8, 4) is 0 Å². The first-order valence-corrected chi connectivity index (χ1v) is 10.0. The second kappa shape index (κ2) is 10.1. The minimum absolute atomic E-state index is 0.0683. The molecule has 1 saturated carbocycles. The van der Waals surface area contributed by atoms with Crippen LogP contribution in [0.1, 0.15) is 52.4 Å². The second-order valence-electron chi connectivity index (χ2n) is 8.02. The van der Waals surface area contributed by atoms with Gasteiger partial charge in [0.05, 0.1) is 24.3 Å². The van der Waals surface area contributed by atoms with Crippen LogP contribution in [0.4, 0.5) is 0 Å². The summed E-state index contributed by atoms with van der Waals surface area (Å²) < 4.78 is 6.21. The number of carbonyl (C=O) groups excluding carboxylic acids is 1. The van der Waals surface area contributed by atoms with Crippen molar-refractivity contribution in [2.24, 2.45) is 17.6 Å². The molecule has 1 amide bonds. The average Bonchev–Trinajstić information content (AvgIpc) is 2.64. The molecule has 0 unspecified atom stereocenters. The number of rotatable bonds is 7. The van der Waals surface area contributed by atoms with E-state index in [4.69, 9.17) is 15.9 Å². The highest BCUT2D eigenvalue weighted by Crippen LogP contribution is 2.31. The van der Waals surface area contributed by atoms with Gasteiger partial charge in [0, 0.05) is 32.0 Å². The molecule has 1 aliphatic carbocycles. The molecular weight excluding hydrogens is 328 g/mol. The Kier molecular flexibility index (Phi) is 8.10. The van der Waals surface area contributed by atoms with Gasteiger partial charge in [0.15, 0.2) is 0 Å². The van der Waals surface area contributed by atoms with Gasteiger partial charge in [-0.1, -0.05) is 13.8 Å². The van der Waals surface area contributed by atoms with E-state index in [1.807, 2.05) is 4.90 Å². The summed E-state index contributed by atoms with van der Waals surface area (Å²) >= 11 is 0. The molecule has 4 N–H and O–H groups in total. The zero-order chi connectivity index (χ0) is 19.1. The lowest BCUT2D eigenvalue weighted by Crippen LogP contribution is -2.57. The first kappa shape index (κ1) is 20.9. The molecule has 0 bridgehead atoms. The molecule has 2 fully saturated rings. The maximum absolute atomic E-state index is 12.8. The number of hydrogen-bond donors (Lipinski definition) is 3. The van der Waals surface area contributed by atoms with Crippen LogP contribution >= 0.6 is 0 Å². The van der Waals surface area contributed by atoms with Crippen LogP contribution in [0.3, 0.4) is 0 Å². The summed E-state index contributed by atoms with van der Waals surface area (Å²) in [6.07, 6.45) is 9.42. The molecular formula is C20H36N4O2. The summed E-state index contributed by atoms with van der Waals surface area (Å²) in [6.45, 7) is 5.77. The molecule has 26 heavy (non-hydrogen) atoms. The summed E-state index contributed by atoms with van der Waals surface area (Å²) in [5.41, 5.74) is 6.69. The van der Waals surface area contributed by atoms with Crippen LogP contribution in [-0.2, 0) is 9.53 Å². The van der Waals surface area contributed by atoms with Crippen molar-refractivity contribution in [1.29, 1.82) is 5.41 Å². The standard InChI is InChI=1S/C20H36N4O2/c1-14(2)15-6-8-17(9-7-15)26-13-19-18(22)5-4-10-24(19)20(25)16(11-21)12-23-3/h11-12,14-15,17-19,21,23H,4-10,13,22H2,1-3H3/b16-12+,21-11?/t15?,17?,18-,19-/m0/s1. The Labute approximate surface area is 158 Å². The Bertz CT molecular complexity index is 498. The number of hydrogen-bond acceptors (Lipinski definition) is 5. The number of carbonyl (C=O) groups is 1. The topological polar surface area (TPSA) is 91.4 Å². The highest BCUT2D eigenvalue weighted by Gasteiger charge is 2.34.